The van der Waals surface area contributed by atoms with E-state index in [1.165, 1.54) is 0 Å². The number of amides is 1. The van der Waals surface area contributed by atoms with Gasteiger partial charge in [0, 0.05) is 5.92 Å². The molecule has 1 spiro atoms. The standard InChI is InChI=1S/C14H23N3O4/c1-2-11-15-12(17-21-11)8-3-4-9-10(5-8)19-6-14(9)7-20-13(18)16-14/h8-12,15,17H,2-7H2,1H3,(H,16,18)/t8?,9?,10?,11?,12?,14-/m0/s1. The zero-order valence-electron chi connectivity index (χ0n) is 12.3. The molecule has 21 heavy (non-hydrogen) atoms. The molecule has 0 aromatic heterocycles. The zero-order chi connectivity index (χ0) is 14.4. The Hall–Kier alpha value is -0.890. The Bertz CT molecular complexity index is 434. The maximum Gasteiger partial charge on any atom is 0.407 e. The fourth-order valence-electron chi connectivity index (χ4n) is 4.25. The Kier molecular flexibility index (Phi) is 3.33. The Morgan fingerprint density at radius 2 is 2.24 bits per heavy atom. The Labute approximate surface area is 124 Å². The van der Waals surface area contributed by atoms with Gasteiger partial charge in [0.05, 0.1) is 18.9 Å². The van der Waals surface area contributed by atoms with Crippen LogP contribution in [0.5, 0.6) is 0 Å². The van der Waals surface area contributed by atoms with Gasteiger partial charge in [-0.15, -0.1) is 0 Å². The van der Waals surface area contributed by atoms with Crippen molar-refractivity contribution in [3.63, 3.8) is 0 Å². The number of fused-ring (bicyclic) bond motifs is 2. The molecule has 7 nitrogen and oxygen atoms in total. The molecular weight excluding hydrogens is 274 g/mol. The minimum absolute atomic E-state index is 0.103. The van der Waals surface area contributed by atoms with Gasteiger partial charge in [0.25, 0.3) is 0 Å². The SMILES string of the molecule is CCC1NC(C2CCC3C(C2)OC[C@]32COC(=O)N2)NO1. The fraction of sp³-hybridized carbons (Fsp3) is 0.929. The number of alkyl carbamates (subject to hydrolysis) is 1. The molecule has 0 radical (unpaired) electrons. The minimum atomic E-state index is -0.306. The van der Waals surface area contributed by atoms with Crippen molar-refractivity contribution in [3.8, 4) is 0 Å². The van der Waals surface area contributed by atoms with E-state index < -0.39 is 0 Å². The Balaban J connectivity index is 1.40. The molecule has 0 aromatic rings. The van der Waals surface area contributed by atoms with E-state index in [0.29, 0.717) is 25.0 Å². The topological polar surface area (TPSA) is 80.9 Å². The number of hydrogen-bond acceptors (Lipinski definition) is 6. The van der Waals surface area contributed by atoms with Gasteiger partial charge in [-0.2, -0.15) is 5.48 Å². The fourth-order valence-corrected chi connectivity index (χ4v) is 4.25. The molecule has 5 unspecified atom stereocenters. The molecule has 3 N–H and O–H groups in total. The van der Waals surface area contributed by atoms with Crippen molar-refractivity contribution in [3.05, 3.63) is 0 Å². The number of rotatable bonds is 2. The molecule has 4 rings (SSSR count). The van der Waals surface area contributed by atoms with Crippen molar-refractivity contribution in [2.75, 3.05) is 13.2 Å². The number of ether oxygens (including phenoxy) is 2. The van der Waals surface area contributed by atoms with Crippen molar-refractivity contribution in [2.24, 2.45) is 11.8 Å². The van der Waals surface area contributed by atoms with Crippen molar-refractivity contribution < 1.29 is 19.1 Å². The highest BCUT2D eigenvalue weighted by molar-refractivity contribution is 5.71. The van der Waals surface area contributed by atoms with Crippen LogP contribution in [0.25, 0.3) is 0 Å². The van der Waals surface area contributed by atoms with Crippen molar-refractivity contribution in [2.45, 2.75) is 56.6 Å². The average molecular weight is 297 g/mol. The van der Waals surface area contributed by atoms with Gasteiger partial charge in [0.15, 0.2) is 0 Å². The lowest BCUT2D eigenvalue weighted by atomic mass is 9.72. The molecule has 7 heteroatoms. The van der Waals surface area contributed by atoms with Crippen LogP contribution in [0, 0.1) is 11.8 Å². The maximum atomic E-state index is 11.4. The van der Waals surface area contributed by atoms with Gasteiger partial charge in [-0.25, -0.2) is 4.79 Å². The van der Waals surface area contributed by atoms with Gasteiger partial charge in [0.2, 0.25) is 0 Å². The molecule has 1 amide bonds. The second-order valence-electron chi connectivity index (χ2n) is 6.66. The van der Waals surface area contributed by atoms with Gasteiger partial charge in [-0.05, 0) is 31.6 Å². The molecular formula is C14H23N3O4. The van der Waals surface area contributed by atoms with Crippen LogP contribution >= 0.6 is 0 Å². The van der Waals surface area contributed by atoms with Crippen LogP contribution in [-0.4, -0.2) is 43.3 Å². The van der Waals surface area contributed by atoms with E-state index in [4.69, 9.17) is 14.3 Å². The molecule has 6 atom stereocenters. The van der Waals surface area contributed by atoms with Crippen LogP contribution in [0.3, 0.4) is 0 Å². The molecule has 4 fully saturated rings. The Morgan fingerprint density at radius 3 is 2.95 bits per heavy atom. The summed E-state index contributed by atoms with van der Waals surface area (Å²) < 4.78 is 11.1. The zero-order valence-corrected chi connectivity index (χ0v) is 12.3. The van der Waals surface area contributed by atoms with Crippen LogP contribution in [0.4, 0.5) is 4.79 Å². The third-order valence-corrected chi connectivity index (χ3v) is 5.45. The first-order chi connectivity index (χ1) is 10.2. The van der Waals surface area contributed by atoms with Crippen molar-refractivity contribution in [1.29, 1.82) is 0 Å². The predicted molar refractivity (Wildman–Crippen MR) is 73.0 cm³/mol. The van der Waals surface area contributed by atoms with E-state index >= 15 is 0 Å². The highest BCUT2D eigenvalue weighted by Crippen LogP contribution is 2.45. The van der Waals surface area contributed by atoms with Crippen molar-refractivity contribution >= 4 is 6.09 Å². The summed E-state index contributed by atoms with van der Waals surface area (Å²) in [5.74, 6) is 0.862. The second kappa shape index (κ2) is 5.08. The number of nitrogens with one attached hydrogen (secondary N) is 3. The molecule has 4 aliphatic rings. The predicted octanol–water partition coefficient (Wildman–Crippen LogP) is 0.467. The van der Waals surface area contributed by atoms with Crippen LogP contribution < -0.4 is 16.1 Å². The molecule has 3 saturated heterocycles. The summed E-state index contributed by atoms with van der Waals surface area (Å²) in [6.07, 6.45) is 4.30. The summed E-state index contributed by atoms with van der Waals surface area (Å²) >= 11 is 0. The lowest BCUT2D eigenvalue weighted by molar-refractivity contribution is 0.00235. The molecule has 0 aromatic carbocycles. The van der Waals surface area contributed by atoms with E-state index in [0.717, 1.165) is 25.7 Å². The van der Waals surface area contributed by atoms with Crippen molar-refractivity contribution in [1.82, 2.24) is 16.1 Å². The number of hydroxylamine groups is 1. The van der Waals surface area contributed by atoms with Crippen LogP contribution in [0.2, 0.25) is 0 Å². The molecule has 1 aliphatic carbocycles. The molecule has 0 bridgehead atoms. The van der Waals surface area contributed by atoms with Crippen LogP contribution in [0.15, 0.2) is 0 Å². The number of hydrogen-bond donors (Lipinski definition) is 3. The molecule has 1 saturated carbocycles. The lowest BCUT2D eigenvalue weighted by Crippen LogP contribution is -2.53. The van der Waals surface area contributed by atoms with Gasteiger partial charge in [-0.1, -0.05) is 6.92 Å². The molecule has 3 aliphatic heterocycles. The summed E-state index contributed by atoms with van der Waals surface area (Å²) in [5.41, 5.74) is 2.83. The summed E-state index contributed by atoms with van der Waals surface area (Å²) in [4.78, 5) is 16.9. The normalized spacial score (nSPS) is 49.2. The summed E-state index contributed by atoms with van der Waals surface area (Å²) in [7, 11) is 0. The first-order valence-electron chi connectivity index (χ1n) is 7.94. The van der Waals surface area contributed by atoms with Crippen LogP contribution in [0.1, 0.15) is 32.6 Å². The first kappa shape index (κ1) is 13.8. The highest BCUT2D eigenvalue weighted by atomic mass is 16.7. The third kappa shape index (κ3) is 2.23. The van der Waals surface area contributed by atoms with Gasteiger partial charge in [0.1, 0.15) is 18.4 Å². The largest absolute Gasteiger partial charge is 0.447 e. The third-order valence-electron chi connectivity index (χ3n) is 5.45. The summed E-state index contributed by atoms with van der Waals surface area (Å²) in [5, 5.41) is 6.46. The smallest absolute Gasteiger partial charge is 0.407 e. The van der Waals surface area contributed by atoms with Gasteiger partial charge < -0.3 is 14.8 Å². The number of carbonyl (C=O) groups excluding carboxylic acids is 1. The van der Waals surface area contributed by atoms with Crippen LogP contribution in [-0.2, 0) is 14.3 Å². The number of cyclic esters (lactones) is 1. The maximum absolute atomic E-state index is 11.4. The number of carbonyl (C=O) groups is 1. The monoisotopic (exact) mass is 297 g/mol. The van der Waals surface area contributed by atoms with Gasteiger partial charge in [-0.3, -0.25) is 10.2 Å². The summed E-state index contributed by atoms with van der Waals surface area (Å²) in [6.45, 7) is 3.12. The quantitative estimate of drug-likeness (QED) is 0.687. The van der Waals surface area contributed by atoms with E-state index in [9.17, 15) is 4.79 Å². The lowest BCUT2D eigenvalue weighted by Gasteiger charge is -2.37. The van der Waals surface area contributed by atoms with E-state index in [2.05, 4.69) is 23.0 Å². The molecule has 118 valence electrons. The summed E-state index contributed by atoms with van der Waals surface area (Å²) in [6, 6.07) is 0. The second-order valence-corrected chi connectivity index (χ2v) is 6.66. The minimum Gasteiger partial charge on any atom is -0.447 e. The molecule has 3 heterocycles. The van der Waals surface area contributed by atoms with Gasteiger partial charge >= 0.3 is 6.09 Å². The van der Waals surface area contributed by atoms with E-state index in [1.807, 2.05) is 0 Å². The average Bonchev–Trinajstić information content (AvgIpc) is 3.19. The Morgan fingerprint density at radius 1 is 1.33 bits per heavy atom. The first-order valence-corrected chi connectivity index (χ1v) is 7.94. The van der Waals surface area contributed by atoms with E-state index in [-0.39, 0.29) is 30.1 Å². The highest BCUT2D eigenvalue weighted by Gasteiger charge is 2.56. The van der Waals surface area contributed by atoms with E-state index in [1.54, 1.807) is 0 Å².